The Bertz CT molecular complexity index is 663. The Morgan fingerprint density at radius 2 is 1.68 bits per heavy atom. The summed E-state index contributed by atoms with van der Waals surface area (Å²) in [5, 5.41) is 7.33. The van der Waals surface area contributed by atoms with E-state index in [1.807, 2.05) is 20.8 Å². The quantitative estimate of drug-likeness (QED) is 0.824. The van der Waals surface area contributed by atoms with Gasteiger partial charge < -0.3 is 9.84 Å². The summed E-state index contributed by atoms with van der Waals surface area (Å²) in [6.07, 6.45) is 3.89. The summed E-state index contributed by atoms with van der Waals surface area (Å²) in [4.78, 5) is 4.41. The van der Waals surface area contributed by atoms with Gasteiger partial charge in [0.1, 0.15) is 0 Å². The molecule has 0 amide bonds. The van der Waals surface area contributed by atoms with E-state index in [-0.39, 0.29) is 5.41 Å². The summed E-state index contributed by atoms with van der Waals surface area (Å²) < 4.78 is 31.5. The highest BCUT2D eigenvalue weighted by Crippen LogP contribution is 2.27. The third-order valence-electron chi connectivity index (χ3n) is 4.64. The molecule has 0 aliphatic heterocycles. The summed E-state index contributed by atoms with van der Waals surface area (Å²) in [5.74, 6) is 1.07. The van der Waals surface area contributed by atoms with Crippen LogP contribution in [-0.4, -0.2) is 35.9 Å². The lowest BCUT2D eigenvalue weighted by molar-refractivity contribution is 0.328. The van der Waals surface area contributed by atoms with Gasteiger partial charge >= 0.3 is 6.01 Å². The summed E-state index contributed by atoms with van der Waals surface area (Å²) >= 11 is 0. The number of nitrogens with one attached hydrogen (secondary N) is 2. The monoisotopic (exact) mass is 372 g/mol. The molecular weight excluding hydrogens is 340 g/mol. The topological polar surface area (TPSA) is 97.1 Å². The first-order chi connectivity index (χ1) is 11.4. The van der Waals surface area contributed by atoms with E-state index in [0.29, 0.717) is 30.3 Å². The van der Waals surface area contributed by atoms with Gasteiger partial charge in [0, 0.05) is 18.0 Å². The van der Waals surface area contributed by atoms with Gasteiger partial charge in [-0.1, -0.05) is 25.9 Å². The van der Waals surface area contributed by atoms with Crippen molar-refractivity contribution in [3.63, 3.8) is 0 Å². The lowest BCUT2D eigenvalue weighted by atomic mass is 9.86. The number of sulfonamides is 1. The number of anilines is 1. The first-order valence-electron chi connectivity index (χ1n) is 8.98. The molecule has 0 saturated heterocycles. The number of aromatic nitrogens is 2. The third-order valence-corrected chi connectivity index (χ3v) is 6.80. The summed E-state index contributed by atoms with van der Waals surface area (Å²) in [6, 6.07) is 0.769. The van der Waals surface area contributed by atoms with Crippen molar-refractivity contribution in [1.82, 2.24) is 14.9 Å². The Labute approximate surface area is 151 Å². The van der Waals surface area contributed by atoms with Crippen molar-refractivity contribution in [2.24, 2.45) is 5.92 Å². The molecular formula is C17H32N4O3S. The Balaban J connectivity index is 1.79. The van der Waals surface area contributed by atoms with Gasteiger partial charge in [-0.05, 0) is 52.4 Å². The molecule has 7 nitrogen and oxygen atoms in total. The van der Waals surface area contributed by atoms with Crippen LogP contribution in [-0.2, 0) is 15.4 Å². The number of rotatable bonds is 5. The van der Waals surface area contributed by atoms with Gasteiger partial charge in [0.25, 0.3) is 0 Å². The molecule has 8 heteroatoms. The molecule has 0 aromatic carbocycles. The zero-order valence-electron chi connectivity index (χ0n) is 16.2. The van der Waals surface area contributed by atoms with Gasteiger partial charge in [-0.25, -0.2) is 13.1 Å². The summed E-state index contributed by atoms with van der Waals surface area (Å²) in [5.41, 5.74) is -0.134. The largest absolute Gasteiger partial charge is 0.335 e. The normalized spacial score (nSPS) is 22.8. The van der Waals surface area contributed by atoms with E-state index < -0.39 is 14.8 Å². The van der Waals surface area contributed by atoms with Crippen molar-refractivity contribution < 1.29 is 12.9 Å². The van der Waals surface area contributed by atoms with E-state index in [1.54, 1.807) is 20.8 Å². The van der Waals surface area contributed by atoms with Crippen LogP contribution >= 0.6 is 0 Å². The Kier molecular flexibility index (Phi) is 5.83. The number of hydrogen-bond acceptors (Lipinski definition) is 6. The predicted molar refractivity (Wildman–Crippen MR) is 99.0 cm³/mol. The molecule has 0 atom stereocenters. The average molecular weight is 373 g/mol. The van der Waals surface area contributed by atoms with Gasteiger partial charge in [-0.2, -0.15) is 4.98 Å². The van der Waals surface area contributed by atoms with E-state index >= 15 is 0 Å². The Morgan fingerprint density at radius 3 is 2.16 bits per heavy atom. The second-order valence-corrected chi connectivity index (χ2v) is 11.5. The third kappa shape index (κ3) is 5.41. The van der Waals surface area contributed by atoms with Gasteiger partial charge in [0.05, 0.1) is 4.75 Å². The SMILES string of the molecule is CC(C)(C)c1noc(NC2CCC(CNS(=O)(=O)C(C)(C)C)CC2)n1. The molecule has 144 valence electrons. The zero-order valence-corrected chi connectivity index (χ0v) is 17.0. The second-order valence-electron chi connectivity index (χ2n) is 9.00. The first kappa shape index (κ1) is 20.2. The Morgan fingerprint density at radius 1 is 1.08 bits per heavy atom. The van der Waals surface area contributed by atoms with E-state index in [4.69, 9.17) is 4.52 Å². The average Bonchev–Trinajstić information content (AvgIpc) is 2.94. The minimum Gasteiger partial charge on any atom is -0.335 e. The summed E-state index contributed by atoms with van der Waals surface area (Å²) in [6.45, 7) is 11.8. The smallest absolute Gasteiger partial charge is 0.321 e. The molecule has 0 unspecified atom stereocenters. The molecule has 1 aliphatic carbocycles. The molecule has 1 fully saturated rings. The minimum absolute atomic E-state index is 0.134. The van der Waals surface area contributed by atoms with Crippen LogP contribution in [0.4, 0.5) is 6.01 Å². The molecule has 0 radical (unpaired) electrons. The molecule has 2 N–H and O–H groups in total. The maximum Gasteiger partial charge on any atom is 0.321 e. The van der Waals surface area contributed by atoms with E-state index in [2.05, 4.69) is 20.2 Å². The second kappa shape index (κ2) is 7.23. The van der Waals surface area contributed by atoms with E-state index in [1.165, 1.54) is 0 Å². The van der Waals surface area contributed by atoms with E-state index in [0.717, 1.165) is 25.7 Å². The molecule has 1 aromatic rings. The van der Waals surface area contributed by atoms with Crippen LogP contribution in [0.2, 0.25) is 0 Å². The van der Waals surface area contributed by atoms with Crippen LogP contribution in [0.15, 0.2) is 4.52 Å². The van der Waals surface area contributed by atoms with Crippen LogP contribution in [0.5, 0.6) is 0 Å². The standard InChI is InChI=1S/C17H32N4O3S/c1-16(2,3)14-20-15(24-21-14)19-13-9-7-12(8-10-13)11-18-25(22,23)17(4,5)6/h12-13,18H,7-11H2,1-6H3,(H,19,20,21). The van der Waals surface area contributed by atoms with Gasteiger partial charge in [-0.3, -0.25) is 0 Å². The number of nitrogens with zero attached hydrogens (tertiary/aromatic N) is 2. The van der Waals surface area contributed by atoms with Crippen molar-refractivity contribution in [1.29, 1.82) is 0 Å². The molecule has 1 aromatic heterocycles. The zero-order chi connectivity index (χ0) is 18.9. The highest BCUT2D eigenvalue weighted by Gasteiger charge is 2.30. The Hall–Kier alpha value is -1.15. The maximum absolute atomic E-state index is 12.1. The van der Waals surface area contributed by atoms with Gasteiger partial charge in [0.2, 0.25) is 10.0 Å². The van der Waals surface area contributed by atoms with Crippen molar-refractivity contribution in [2.75, 3.05) is 11.9 Å². The highest BCUT2D eigenvalue weighted by molar-refractivity contribution is 7.90. The fourth-order valence-electron chi connectivity index (χ4n) is 2.72. The molecule has 25 heavy (non-hydrogen) atoms. The summed E-state index contributed by atoms with van der Waals surface area (Å²) in [7, 11) is -3.27. The van der Waals surface area contributed by atoms with Crippen LogP contribution in [0.25, 0.3) is 0 Å². The highest BCUT2D eigenvalue weighted by atomic mass is 32.2. The van der Waals surface area contributed by atoms with Gasteiger partial charge in [0.15, 0.2) is 5.82 Å². The fourth-order valence-corrected chi connectivity index (χ4v) is 3.60. The van der Waals surface area contributed by atoms with Gasteiger partial charge in [-0.15, -0.1) is 0 Å². The molecule has 0 spiro atoms. The lowest BCUT2D eigenvalue weighted by Crippen LogP contribution is -2.42. The molecule has 1 saturated carbocycles. The molecule has 2 rings (SSSR count). The minimum atomic E-state index is -3.27. The van der Waals surface area contributed by atoms with Crippen molar-refractivity contribution in [3.05, 3.63) is 5.82 Å². The van der Waals surface area contributed by atoms with Crippen LogP contribution in [0.1, 0.15) is 73.1 Å². The lowest BCUT2D eigenvalue weighted by Gasteiger charge is -2.29. The molecule has 0 bridgehead atoms. The van der Waals surface area contributed by atoms with E-state index in [9.17, 15) is 8.42 Å². The maximum atomic E-state index is 12.1. The predicted octanol–water partition coefficient (Wildman–Crippen LogP) is 3.06. The van der Waals surface area contributed by atoms with Crippen molar-refractivity contribution >= 4 is 16.0 Å². The fraction of sp³-hybridized carbons (Fsp3) is 0.882. The van der Waals surface area contributed by atoms with Crippen LogP contribution in [0, 0.1) is 5.92 Å². The van der Waals surface area contributed by atoms with Crippen molar-refractivity contribution in [2.45, 2.75) is 83.4 Å². The first-order valence-corrected chi connectivity index (χ1v) is 10.5. The van der Waals surface area contributed by atoms with Crippen LogP contribution in [0.3, 0.4) is 0 Å². The van der Waals surface area contributed by atoms with Crippen molar-refractivity contribution in [3.8, 4) is 0 Å². The number of hydrogen-bond donors (Lipinski definition) is 2. The molecule has 1 heterocycles. The molecule has 1 aliphatic rings. The van der Waals surface area contributed by atoms with Crippen LogP contribution < -0.4 is 10.0 Å².